The van der Waals surface area contributed by atoms with Crippen molar-refractivity contribution in [3.05, 3.63) is 34.3 Å². The van der Waals surface area contributed by atoms with Gasteiger partial charge in [-0.2, -0.15) is 0 Å². The Labute approximate surface area is 101 Å². The average Bonchev–Trinajstić information content (AvgIpc) is 2.15. The van der Waals surface area contributed by atoms with Crippen LogP contribution in [0.1, 0.15) is 24.8 Å². The van der Waals surface area contributed by atoms with Gasteiger partial charge in [-0.15, -0.1) is 12.4 Å². The summed E-state index contributed by atoms with van der Waals surface area (Å²) in [4.78, 5) is 0. The van der Waals surface area contributed by atoms with Gasteiger partial charge < -0.3 is 5.73 Å². The van der Waals surface area contributed by atoms with Crippen LogP contribution in [-0.2, 0) is 6.42 Å². The van der Waals surface area contributed by atoms with Crippen LogP contribution in [0.25, 0.3) is 0 Å². The Balaban J connectivity index is 0.00000169. The maximum atomic E-state index is 5.42. The first kappa shape index (κ1) is 13.9. The molecule has 0 saturated heterocycles. The summed E-state index contributed by atoms with van der Waals surface area (Å²) in [5.41, 5.74) is 6.84. The molecule has 1 aromatic rings. The molecule has 0 heterocycles. The molecule has 80 valence electrons. The van der Waals surface area contributed by atoms with Crippen molar-refractivity contribution < 1.29 is 0 Å². The van der Waals surface area contributed by atoms with Crippen LogP contribution in [0.4, 0.5) is 0 Å². The summed E-state index contributed by atoms with van der Waals surface area (Å²) in [5.74, 6) is 0. The molecule has 0 aliphatic carbocycles. The number of rotatable bonds is 5. The molecule has 0 amide bonds. The first-order chi connectivity index (χ1) is 6.33. The summed E-state index contributed by atoms with van der Waals surface area (Å²) >= 11 is 3.42. The van der Waals surface area contributed by atoms with Gasteiger partial charge in [-0.05, 0) is 43.5 Å². The van der Waals surface area contributed by atoms with Crippen molar-refractivity contribution >= 4 is 28.3 Å². The van der Waals surface area contributed by atoms with Crippen molar-refractivity contribution in [2.75, 3.05) is 6.54 Å². The molecule has 0 bridgehead atoms. The molecule has 0 aliphatic heterocycles. The van der Waals surface area contributed by atoms with Crippen LogP contribution in [-0.4, -0.2) is 6.54 Å². The van der Waals surface area contributed by atoms with Gasteiger partial charge in [0.05, 0.1) is 0 Å². The smallest absolute Gasteiger partial charge is 0.0175 e. The van der Waals surface area contributed by atoms with Gasteiger partial charge in [0.2, 0.25) is 0 Å². The van der Waals surface area contributed by atoms with Crippen LogP contribution in [0.15, 0.2) is 28.7 Å². The normalized spacial score (nSPS) is 9.57. The van der Waals surface area contributed by atoms with E-state index in [1.165, 1.54) is 24.8 Å². The zero-order valence-electron chi connectivity index (χ0n) is 8.21. The van der Waals surface area contributed by atoms with Gasteiger partial charge in [-0.3, -0.25) is 0 Å². The molecular weight excluding hydrogens is 261 g/mol. The van der Waals surface area contributed by atoms with Crippen molar-refractivity contribution in [3.8, 4) is 0 Å². The van der Waals surface area contributed by atoms with Crippen molar-refractivity contribution in [1.29, 1.82) is 0 Å². The molecule has 0 radical (unpaired) electrons. The molecule has 0 fully saturated rings. The zero-order valence-corrected chi connectivity index (χ0v) is 10.6. The summed E-state index contributed by atoms with van der Waals surface area (Å²) in [6, 6.07) is 8.54. The topological polar surface area (TPSA) is 26.0 Å². The minimum Gasteiger partial charge on any atom is -0.330 e. The molecule has 0 aliphatic rings. The van der Waals surface area contributed by atoms with Crippen molar-refractivity contribution in [3.63, 3.8) is 0 Å². The monoisotopic (exact) mass is 277 g/mol. The third-order valence-electron chi connectivity index (χ3n) is 2.08. The fourth-order valence-electron chi connectivity index (χ4n) is 1.30. The van der Waals surface area contributed by atoms with E-state index in [9.17, 15) is 0 Å². The second kappa shape index (κ2) is 8.27. The second-order valence-corrected chi connectivity index (χ2v) is 4.14. The number of hydrogen-bond donors (Lipinski definition) is 1. The number of unbranched alkanes of at least 4 members (excludes halogenated alkanes) is 2. The first-order valence-electron chi connectivity index (χ1n) is 4.77. The molecule has 0 unspecified atom stereocenters. The number of halogens is 2. The first-order valence-corrected chi connectivity index (χ1v) is 5.57. The molecular formula is C11H17BrClN. The predicted molar refractivity (Wildman–Crippen MR) is 68.0 cm³/mol. The van der Waals surface area contributed by atoms with Gasteiger partial charge in [-0.1, -0.05) is 34.5 Å². The summed E-state index contributed by atoms with van der Waals surface area (Å²) in [5, 5.41) is 0. The molecule has 14 heavy (non-hydrogen) atoms. The zero-order chi connectivity index (χ0) is 9.52. The van der Waals surface area contributed by atoms with Crippen molar-refractivity contribution in [2.45, 2.75) is 25.7 Å². The maximum absolute atomic E-state index is 5.42. The third kappa shape index (κ3) is 5.63. The van der Waals surface area contributed by atoms with E-state index in [0.717, 1.165) is 17.4 Å². The average molecular weight is 279 g/mol. The van der Waals surface area contributed by atoms with Crippen LogP contribution in [0.3, 0.4) is 0 Å². The highest BCUT2D eigenvalue weighted by atomic mass is 79.9. The minimum absolute atomic E-state index is 0. The van der Waals surface area contributed by atoms with Gasteiger partial charge in [0.25, 0.3) is 0 Å². The van der Waals surface area contributed by atoms with Gasteiger partial charge in [0.15, 0.2) is 0 Å². The van der Waals surface area contributed by atoms with Gasteiger partial charge in [-0.25, -0.2) is 0 Å². The van der Waals surface area contributed by atoms with E-state index in [1.807, 2.05) is 0 Å². The van der Waals surface area contributed by atoms with E-state index in [1.54, 1.807) is 0 Å². The highest BCUT2D eigenvalue weighted by molar-refractivity contribution is 9.10. The molecule has 0 saturated carbocycles. The predicted octanol–water partition coefficient (Wildman–Crippen LogP) is 3.54. The van der Waals surface area contributed by atoms with E-state index in [4.69, 9.17) is 5.73 Å². The van der Waals surface area contributed by atoms with E-state index < -0.39 is 0 Å². The Bertz CT molecular complexity index is 236. The standard InChI is InChI=1S/C11H16BrN.ClH/c12-11-7-5-10(6-8-11)4-2-1-3-9-13;/h5-8H,1-4,9,13H2;1H. The van der Waals surface area contributed by atoms with Gasteiger partial charge in [0.1, 0.15) is 0 Å². The van der Waals surface area contributed by atoms with E-state index in [0.29, 0.717) is 0 Å². The Kier molecular flexibility index (Phi) is 8.24. The van der Waals surface area contributed by atoms with Crippen LogP contribution in [0.2, 0.25) is 0 Å². The highest BCUT2D eigenvalue weighted by Gasteiger charge is 1.92. The third-order valence-corrected chi connectivity index (χ3v) is 2.61. The number of nitrogens with two attached hydrogens (primary N) is 1. The molecule has 2 N–H and O–H groups in total. The number of aryl methyl sites for hydroxylation is 1. The van der Waals surface area contributed by atoms with Crippen LogP contribution >= 0.6 is 28.3 Å². The van der Waals surface area contributed by atoms with Crippen molar-refractivity contribution in [2.24, 2.45) is 5.73 Å². The van der Waals surface area contributed by atoms with Crippen LogP contribution in [0, 0.1) is 0 Å². The van der Waals surface area contributed by atoms with Gasteiger partial charge in [0, 0.05) is 4.47 Å². The fourth-order valence-corrected chi connectivity index (χ4v) is 1.57. The second-order valence-electron chi connectivity index (χ2n) is 3.23. The van der Waals surface area contributed by atoms with Gasteiger partial charge >= 0.3 is 0 Å². The molecule has 0 atom stereocenters. The lowest BCUT2D eigenvalue weighted by atomic mass is 10.1. The SMILES string of the molecule is Cl.NCCCCCc1ccc(Br)cc1. The molecule has 0 aromatic heterocycles. The number of benzene rings is 1. The Morgan fingerprint density at radius 3 is 2.21 bits per heavy atom. The quantitative estimate of drug-likeness (QED) is 0.819. The summed E-state index contributed by atoms with van der Waals surface area (Å²) < 4.78 is 1.15. The lowest BCUT2D eigenvalue weighted by molar-refractivity contribution is 0.686. The lowest BCUT2D eigenvalue weighted by Gasteiger charge is -2.00. The van der Waals surface area contributed by atoms with Crippen LogP contribution < -0.4 is 5.73 Å². The Morgan fingerprint density at radius 2 is 1.64 bits per heavy atom. The fraction of sp³-hybridized carbons (Fsp3) is 0.455. The Hall–Kier alpha value is -0.0500. The molecule has 1 aromatic carbocycles. The largest absolute Gasteiger partial charge is 0.330 e. The number of hydrogen-bond acceptors (Lipinski definition) is 1. The summed E-state index contributed by atoms with van der Waals surface area (Å²) in [7, 11) is 0. The molecule has 1 nitrogen and oxygen atoms in total. The maximum Gasteiger partial charge on any atom is 0.0175 e. The highest BCUT2D eigenvalue weighted by Crippen LogP contribution is 2.12. The molecule has 3 heteroatoms. The lowest BCUT2D eigenvalue weighted by Crippen LogP contribution is -1.98. The van der Waals surface area contributed by atoms with E-state index in [2.05, 4.69) is 40.2 Å². The van der Waals surface area contributed by atoms with E-state index >= 15 is 0 Å². The van der Waals surface area contributed by atoms with E-state index in [-0.39, 0.29) is 12.4 Å². The summed E-state index contributed by atoms with van der Waals surface area (Å²) in [6.45, 7) is 0.820. The molecule has 1 rings (SSSR count). The van der Waals surface area contributed by atoms with Crippen molar-refractivity contribution in [1.82, 2.24) is 0 Å². The Morgan fingerprint density at radius 1 is 1.00 bits per heavy atom. The molecule has 0 spiro atoms. The minimum atomic E-state index is 0. The van der Waals surface area contributed by atoms with Crippen LogP contribution in [0.5, 0.6) is 0 Å². The summed E-state index contributed by atoms with van der Waals surface area (Å²) in [6.07, 6.45) is 4.81.